The number of rotatable bonds is 9. The summed E-state index contributed by atoms with van der Waals surface area (Å²) in [6, 6.07) is 4.31. The second kappa shape index (κ2) is 9.87. The molecule has 0 amide bonds. The first-order valence-corrected chi connectivity index (χ1v) is 11.7. The molecule has 30 heavy (non-hydrogen) atoms. The molecule has 1 aliphatic rings. The Morgan fingerprint density at radius 2 is 2.00 bits per heavy atom. The molecule has 0 atom stereocenters. The number of hydrogen-bond acceptors (Lipinski definition) is 7. The minimum absolute atomic E-state index is 0.745. The molecule has 0 radical (unpaired) electrons. The van der Waals surface area contributed by atoms with Crippen LogP contribution in [0.25, 0.3) is 11.2 Å². The van der Waals surface area contributed by atoms with Gasteiger partial charge in [0, 0.05) is 43.8 Å². The highest BCUT2D eigenvalue weighted by atomic mass is 32.1. The highest BCUT2D eigenvalue weighted by molar-refractivity contribution is 7.10. The zero-order valence-corrected chi connectivity index (χ0v) is 18.9. The summed E-state index contributed by atoms with van der Waals surface area (Å²) in [6.45, 7) is 9.93. The lowest BCUT2D eigenvalue weighted by Gasteiger charge is -2.34. The number of anilines is 1. The third-order valence-electron chi connectivity index (χ3n) is 5.90. The Labute approximate surface area is 182 Å². The van der Waals surface area contributed by atoms with Crippen LogP contribution in [0.5, 0.6) is 0 Å². The van der Waals surface area contributed by atoms with Crippen LogP contribution in [-0.2, 0) is 13.1 Å². The normalized spacial score (nSPS) is 15.5. The number of likely N-dealkylation sites (N-methyl/N-ethyl adjacent to an activating group) is 1. The number of aromatic nitrogens is 3. The Morgan fingerprint density at radius 1 is 1.17 bits per heavy atom. The molecule has 1 aliphatic heterocycles. The van der Waals surface area contributed by atoms with Crippen LogP contribution in [0.4, 0.5) is 5.69 Å². The van der Waals surface area contributed by atoms with Crippen LogP contribution in [-0.4, -0.2) is 71.1 Å². The molecule has 1 fully saturated rings. The molecule has 0 aromatic carbocycles. The quantitative estimate of drug-likeness (QED) is 0.512. The fourth-order valence-corrected chi connectivity index (χ4v) is 4.95. The smallest absolute Gasteiger partial charge is 0.179 e. The number of nitrogens with one attached hydrogen (secondary N) is 1. The number of thiophene rings is 1. The number of aryl methyl sites for hydroxylation is 1. The van der Waals surface area contributed by atoms with Gasteiger partial charge >= 0.3 is 0 Å². The molecule has 3 N–H and O–H groups in total. The summed E-state index contributed by atoms with van der Waals surface area (Å²) in [6.07, 6.45) is 4.04. The van der Waals surface area contributed by atoms with E-state index in [-0.39, 0.29) is 0 Å². The number of aromatic amines is 1. The fourth-order valence-electron chi connectivity index (χ4n) is 4.01. The van der Waals surface area contributed by atoms with Gasteiger partial charge in [0.2, 0.25) is 0 Å². The number of piperazine rings is 1. The lowest BCUT2D eigenvalue weighted by atomic mass is 10.2. The SMILES string of the molecule is Cc1ccsc1CN(CCCCN)Cc1nc2nccc(N3CCN(C)CC3)c2[nH]1. The number of fused-ring (bicyclic) bond motifs is 1. The molecular formula is C22H33N7S. The number of H-pyrrole nitrogens is 1. The Balaban J connectivity index is 1.53. The van der Waals surface area contributed by atoms with Gasteiger partial charge in [-0.2, -0.15) is 0 Å². The molecule has 1 saturated heterocycles. The van der Waals surface area contributed by atoms with Gasteiger partial charge in [0.15, 0.2) is 5.65 Å². The zero-order chi connectivity index (χ0) is 20.9. The largest absolute Gasteiger partial charge is 0.367 e. The van der Waals surface area contributed by atoms with E-state index in [0.29, 0.717) is 0 Å². The third-order valence-corrected chi connectivity index (χ3v) is 6.91. The standard InChI is InChI=1S/C22H33N7S/c1-17-6-14-30-19(17)15-28(9-4-3-7-23)16-20-25-21-18(5-8-24-22(21)26-20)29-12-10-27(2)11-13-29/h5-6,8,14H,3-4,7,9-13,15-16,23H2,1-2H3,(H,24,25,26). The number of nitrogens with two attached hydrogens (primary N) is 1. The van der Waals surface area contributed by atoms with Crippen LogP contribution in [0.2, 0.25) is 0 Å². The van der Waals surface area contributed by atoms with Crippen molar-refractivity contribution in [2.75, 3.05) is 51.2 Å². The zero-order valence-electron chi connectivity index (χ0n) is 18.1. The Hall–Kier alpha value is -2.00. The van der Waals surface area contributed by atoms with Gasteiger partial charge in [0.05, 0.1) is 12.2 Å². The van der Waals surface area contributed by atoms with Gasteiger partial charge in [-0.3, -0.25) is 4.90 Å². The van der Waals surface area contributed by atoms with Gasteiger partial charge in [-0.1, -0.05) is 0 Å². The van der Waals surface area contributed by atoms with Crippen LogP contribution in [0, 0.1) is 6.92 Å². The summed E-state index contributed by atoms with van der Waals surface area (Å²) in [5, 5.41) is 2.18. The maximum absolute atomic E-state index is 5.72. The average Bonchev–Trinajstić information content (AvgIpc) is 3.34. The van der Waals surface area contributed by atoms with Gasteiger partial charge < -0.3 is 20.5 Å². The first kappa shape index (κ1) is 21.2. The minimum atomic E-state index is 0.745. The molecule has 3 aromatic heterocycles. The summed E-state index contributed by atoms with van der Waals surface area (Å²) in [7, 11) is 2.18. The van der Waals surface area contributed by atoms with E-state index in [1.54, 1.807) is 0 Å². The van der Waals surface area contributed by atoms with Crippen molar-refractivity contribution in [3.8, 4) is 0 Å². The average molecular weight is 428 g/mol. The van der Waals surface area contributed by atoms with E-state index in [9.17, 15) is 0 Å². The summed E-state index contributed by atoms with van der Waals surface area (Å²) in [4.78, 5) is 21.7. The van der Waals surface area contributed by atoms with Crippen molar-refractivity contribution >= 4 is 28.2 Å². The molecule has 0 bridgehead atoms. The molecule has 0 unspecified atom stereocenters. The molecule has 3 aromatic rings. The van der Waals surface area contributed by atoms with Gasteiger partial charge in [-0.25, -0.2) is 9.97 Å². The number of pyridine rings is 1. The second-order valence-electron chi connectivity index (χ2n) is 8.24. The topological polar surface area (TPSA) is 77.3 Å². The third kappa shape index (κ3) is 5.00. The second-order valence-corrected chi connectivity index (χ2v) is 9.24. The highest BCUT2D eigenvalue weighted by Gasteiger charge is 2.19. The van der Waals surface area contributed by atoms with Gasteiger partial charge in [0.25, 0.3) is 0 Å². The van der Waals surface area contributed by atoms with E-state index in [0.717, 1.165) is 82.2 Å². The van der Waals surface area contributed by atoms with Crippen molar-refractivity contribution in [2.24, 2.45) is 5.73 Å². The summed E-state index contributed by atoms with van der Waals surface area (Å²) in [5.74, 6) is 0.987. The highest BCUT2D eigenvalue weighted by Crippen LogP contribution is 2.25. The van der Waals surface area contributed by atoms with Crippen LogP contribution in [0.15, 0.2) is 23.7 Å². The van der Waals surface area contributed by atoms with Gasteiger partial charge in [-0.05, 0) is 63.0 Å². The van der Waals surface area contributed by atoms with E-state index in [1.807, 2.05) is 17.5 Å². The number of imidazole rings is 1. The Bertz CT molecular complexity index is 942. The maximum Gasteiger partial charge on any atom is 0.179 e. The van der Waals surface area contributed by atoms with Crippen molar-refractivity contribution in [2.45, 2.75) is 32.9 Å². The molecule has 0 saturated carbocycles. The van der Waals surface area contributed by atoms with Crippen molar-refractivity contribution in [3.05, 3.63) is 40.0 Å². The molecule has 162 valence electrons. The minimum Gasteiger partial charge on any atom is -0.367 e. The molecule has 0 spiro atoms. The van der Waals surface area contributed by atoms with E-state index >= 15 is 0 Å². The molecule has 4 heterocycles. The van der Waals surface area contributed by atoms with E-state index in [4.69, 9.17) is 10.7 Å². The van der Waals surface area contributed by atoms with Crippen molar-refractivity contribution in [1.82, 2.24) is 24.8 Å². The van der Waals surface area contributed by atoms with Crippen LogP contribution >= 0.6 is 11.3 Å². The van der Waals surface area contributed by atoms with Crippen LogP contribution in [0.3, 0.4) is 0 Å². The first-order valence-electron chi connectivity index (χ1n) is 10.9. The maximum atomic E-state index is 5.72. The molecule has 8 heteroatoms. The van der Waals surface area contributed by atoms with Crippen LogP contribution in [0.1, 0.15) is 29.1 Å². The first-order chi connectivity index (χ1) is 14.6. The number of hydrogen-bond donors (Lipinski definition) is 2. The van der Waals surface area contributed by atoms with Gasteiger partial charge in [0.1, 0.15) is 11.3 Å². The summed E-state index contributed by atoms with van der Waals surface area (Å²) in [5.41, 5.74) is 10.2. The Kier molecular flexibility index (Phi) is 6.99. The van der Waals surface area contributed by atoms with Gasteiger partial charge in [-0.15, -0.1) is 11.3 Å². The van der Waals surface area contributed by atoms with Crippen molar-refractivity contribution in [1.29, 1.82) is 0 Å². The monoisotopic (exact) mass is 427 g/mol. The molecule has 0 aliphatic carbocycles. The lowest BCUT2D eigenvalue weighted by molar-refractivity contribution is 0.248. The fraction of sp³-hybridized carbons (Fsp3) is 0.545. The molecule has 4 rings (SSSR count). The predicted molar refractivity (Wildman–Crippen MR) is 125 cm³/mol. The lowest BCUT2D eigenvalue weighted by Crippen LogP contribution is -2.44. The number of nitrogens with zero attached hydrogens (tertiary/aromatic N) is 5. The number of unbranched alkanes of at least 4 members (excludes halogenated alkanes) is 1. The van der Waals surface area contributed by atoms with Crippen molar-refractivity contribution < 1.29 is 0 Å². The van der Waals surface area contributed by atoms with E-state index < -0.39 is 0 Å². The van der Waals surface area contributed by atoms with Crippen molar-refractivity contribution in [3.63, 3.8) is 0 Å². The molecular weight excluding hydrogens is 394 g/mol. The summed E-state index contributed by atoms with van der Waals surface area (Å²) >= 11 is 1.83. The predicted octanol–water partition coefficient (Wildman–Crippen LogP) is 2.82. The summed E-state index contributed by atoms with van der Waals surface area (Å²) < 4.78 is 0. The van der Waals surface area contributed by atoms with E-state index in [2.05, 4.69) is 56.2 Å². The molecule has 7 nitrogen and oxygen atoms in total. The van der Waals surface area contributed by atoms with Crippen LogP contribution < -0.4 is 10.6 Å². The van der Waals surface area contributed by atoms with E-state index in [1.165, 1.54) is 16.1 Å². The Morgan fingerprint density at radius 3 is 2.73 bits per heavy atom.